The van der Waals surface area contributed by atoms with Crippen molar-refractivity contribution in [2.75, 3.05) is 27.7 Å². The summed E-state index contributed by atoms with van der Waals surface area (Å²) in [6.07, 6.45) is -1.27. The highest BCUT2D eigenvalue weighted by Crippen LogP contribution is 2.17. The molecule has 0 rings (SSSR count). The van der Waals surface area contributed by atoms with E-state index in [1.807, 2.05) is 0 Å². The van der Waals surface area contributed by atoms with Crippen molar-refractivity contribution in [1.29, 1.82) is 0 Å². The fourth-order valence-corrected chi connectivity index (χ4v) is 1.66. The molecule has 0 aliphatic carbocycles. The predicted octanol–water partition coefficient (Wildman–Crippen LogP) is -1.89. The summed E-state index contributed by atoms with van der Waals surface area (Å²) in [6, 6.07) is 0. The van der Waals surface area contributed by atoms with Crippen LogP contribution in [0.2, 0.25) is 0 Å². The van der Waals surface area contributed by atoms with Gasteiger partial charge in [0.1, 0.15) is 12.3 Å². The van der Waals surface area contributed by atoms with Gasteiger partial charge in [-0.3, -0.25) is 9.59 Å². The summed E-state index contributed by atoms with van der Waals surface area (Å²) in [5.74, 6) is -2.70. The molecule has 0 aliphatic heterocycles. The van der Waals surface area contributed by atoms with E-state index >= 15 is 0 Å². The Morgan fingerprint density at radius 1 is 1.24 bits per heavy atom. The first-order chi connectivity index (χ1) is 7.46. The van der Waals surface area contributed by atoms with E-state index in [1.165, 1.54) is 6.92 Å². The van der Waals surface area contributed by atoms with E-state index in [4.69, 9.17) is 0 Å². The number of carboxylic acids is 1. The van der Waals surface area contributed by atoms with Gasteiger partial charge in [-0.05, 0) is 6.92 Å². The van der Waals surface area contributed by atoms with Crippen LogP contribution in [0, 0.1) is 0 Å². The van der Waals surface area contributed by atoms with E-state index in [0.717, 1.165) is 0 Å². The predicted molar refractivity (Wildman–Crippen MR) is 57.8 cm³/mol. The van der Waals surface area contributed by atoms with Crippen LogP contribution in [0.1, 0.15) is 19.8 Å². The molecule has 0 aromatic carbocycles. The molecule has 1 atom stereocenters. The van der Waals surface area contributed by atoms with Gasteiger partial charge in [0.05, 0.1) is 27.6 Å². The van der Waals surface area contributed by atoms with Crippen LogP contribution in [-0.2, 0) is 14.4 Å². The number of aliphatic carboxylic acids is 1. The Morgan fingerprint density at radius 2 is 1.71 bits per heavy atom. The largest absolute Gasteiger partial charge is 0.550 e. The molecular weight excluding hydrogens is 226 g/mol. The minimum atomic E-state index is -2.05. The van der Waals surface area contributed by atoms with E-state index < -0.39 is 36.0 Å². The van der Waals surface area contributed by atoms with Gasteiger partial charge in [-0.15, -0.1) is 0 Å². The second-order valence-electron chi connectivity index (χ2n) is 5.33. The molecular formula is C11H19NO5. The lowest BCUT2D eigenvalue weighted by Gasteiger charge is -2.34. The normalized spacial score (nSPS) is 15.1. The number of carbonyl (C=O) groups is 3. The number of carboxylic acid groups (broad SMARTS) is 1. The maximum atomic E-state index is 11.7. The fourth-order valence-electron chi connectivity index (χ4n) is 1.66. The average Bonchev–Trinajstić information content (AvgIpc) is 1.96. The van der Waals surface area contributed by atoms with Crippen molar-refractivity contribution in [1.82, 2.24) is 0 Å². The second-order valence-corrected chi connectivity index (χ2v) is 5.33. The van der Waals surface area contributed by atoms with Crippen LogP contribution < -0.4 is 5.11 Å². The first-order valence-electron chi connectivity index (χ1n) is 5.22. The molecule has 0 amide bonds. The number of hydrogen-bond acceptors (Lipinski definition) is 5. The lowest BCUT2D eigenvalue weighted by atomic mass is 9.90. The molecule has 0 aromatic heterocycles. The van der Waals surface area contributed by atoms with Crippen molar-refractivity contribution in [2.24, 2.45) is 0 Å². The molecule has 0 spiro atoms. The molecule has 0 fully saturated rings. The van der Waals surface area contributed by atoms with Crippen LogP contribution in [0.5, 0.6) is 0 Å². The molecule has 6 nitrogen and oxygen atoms in total. The molecule has 6 heteroatoms. The lowest BCUT2D eigenvalue weighted by molar-refractivity contribution is -0.875. The van der Waals surface area contributed by atoms with Crippen molar-refractivity contribution in [3.8, 4) is 0 Å². The maximum Gasteiger partial charge on any atom is 0.177 e. The summed E-state index contributed by atoms with van der Waals surface area (Å²) in [5, 5.41) is 20.7. The van der Waals surface area contributed by atoms with Gasteiger partial charge >= 0.3 is 0 Å². The van der Waals surface area contributed by atoms with Crippen molar-refractivity contribution in [2.45, 2.75) is 25.4 Å². The molecule has 0 radical (unpaired) electrons. The van der Waals surface area contributed by atoms with E-state index in [1.54, 1.807) is 21.1 Å². The zero-order chi connectivity index (χ0) is 13.9. The highest BCUT2D eigenvalue weighted by Gasteiger charge is 2.41. The minimum Gasteiger partial charge on any atom is -0.550 e. The van der Waals surface area contributed by atoms with Gasteiger partial charge in [-0.2, -0.15) is 0 Å². The average molecular weight is 245 g/mol. The van der Waals surface area contributed by atoms with Crippen molar-refractivity contribution in [3.63, 3.8) is 0 Å². The number of aliphatic hydroxyl groups is 1. The third-order valence-electron chi connectivity index (χ3n) is 2.10. The maximum absolute atomic E-state index is 11.7. The zero-order valence-corrected chi connectivity index (χ0v) is 10.6. The third kappa shape index (κ3) is 6.13. The molecule has 0 unspecified atom stereocenters. The number of nitrogens with zero attached hydrogens (tertiary/aromatic N) is 1. The Morgan fingerprint density at radius 3 is 2.00 bits per heavy atom. The van der Waals surface area contributed by atoms with Gasteiger partial charge in [0, 0.05) is 12.4 Å². The Bertz CT molecular complexity index is 331. The monoisotopic (exact) mass is 245 g/mol. The van der Waals surface area contributed by atoms with Crippen molar-refractivity contribution >= 4 is 17.5 Å². The Hall–Kier alpha value is -1.27. The lowest BCUT2D eigenvalue weighted by Crippen LogP contribution is -2.56. The molecule has 0 aliphatic rings. The van der Waals surface area contributed by atoms with Crippen LogP contribution in [0.15, 0.2) is 0 Å². The van der Waals surface area contributed by atoms with E-state index in [9.17, 15) is 24.6 Å². The summed E-state index contributed by atoms with van der Waals surface area (Å²) >= 11 is 0. The van der Waals surface area contributed by atoms with Gasteiger partial charge in [-0.25, -0.2) is 0 Å². The smallest absolute Gasteiger partial charge is 0.177 e. The van der Waals surface area contributed by atoms with Gasteiger partial charge in [0.15, 0.2) is 11.4 Å². The highest BCUT2D eigenvalue weighted by molar-refractivity contribution is 6.03. The molecule has 0 saturated carbocycles. The molecule has 1 N–H and O–H groups in total. The molecule has 0 saturated heterocycles. The van der Waals surface area contributed by atoms with Gasteiger partial charge in [-0.1, -0.05) is 0 Å². The number of hydrogen-bond donors (Lipinski definition) is 1. The Kier molecular flexibility index (Phi) is 4.97. The molecule has 98 valence electrons. The quantitative estimate of drug-likeness (QED) is 0.418. The topological polar surface area (TPSA) is 94.5 Å². The summed E-state index contributed by atoms with van der Waals surface area (Å²) in [4.78, 5) is 33.1. The summed E-state index contributed by atoms with van der Waals surface area (Å²) in [7, 11) is 5.13. The fraction of sp³-hybridized carbons (Fsp3) is 0.727. The highest BCUT2D eigenvalue weighted by atomic mass is 16.4. The van der Waals surface area contributed by atoms with Crippen LogP contribution in [0.4, 0.5) is 0 Å². The number of quaternary nitrogens is 1. The first-order valence-corrected chi connectivity index (χ1v) is 5.22. The van der Waals surface area contributed by atoms with Gasteiger partial charge < -0.3 is 19.5 Å². The SMILES string of the molecule is CC(=O)CC(=O)[C@@](O)(CC(=O)[O-])C[N+](C)(C)C. The van der Waals surface area contributed by atoms with E-state index in [0.29, 0.717) is 0 Å². The van der Waals surface area contributed by atoms with Gasteiger partial charge in [0.2, 0.25) is 0 Å². The molecule has 0 heterocycles. The summed E-state index contributed by atoms with van der Waals surface area (Å²) < 4.78 is 0.202. The zero-order valence-electron chi connectivity index (χ0n) is 10.6. The molecule has 17 heavy (non-hydrogen) atoms. The third-order valence-corrected chi connectivity index (χ3v) is 2.10. The van der Waals surface area contributed by atoms with Crippen LogP contribution in [-0.4, -0.2) is 60.4 Å². The number of likely N-dealkylation sites (N-methyl/N-ethyl adjacent to an activating group) is 1. The van der Waals surface area contributed by atoms with Crippen LogP contribution in [0.3, 0.4) is 0 Å². The van der Waals surface area contributed by atoms with E-state index in [-0.39, 0.29) is 11.0 Å². The van der Waals surface area contributed by atoms with E-state index in [2.05, 4.69) is 0 Å². The second kappa shape index (κ2) is 5.37. The van der Waals surface area contributed by atoms with Crippen LogP contribution >= 0.6 is 0 Å². The Labute approximate surface area is 100 Å². The number of rotatable bonds is 7. The summed E-state index contributed by atoms with van der Waals surface area (Å²) in [5.41, 5.74) is -2.05. The first kappa shape index (κ1) is 15.7. The standard InChI is InChI=1S/C11H19NO5/c1-8(13)5-9(14)11(17,6-10(15)16)7-12(2,3)4/h17H,5-7H2,1-4H3/t11-/m1/s1. The molecule has 0 bridgehead atoms. The van der Waals surface area contributed by atoms with Crippen molar-refractivity contribution < 1.29 is 29.1 Å². The molecule has 0 aromatic rings. The Balaban J connectivity index is 5.02. The number of ketones is 2. The van der Waals surface area contributed by atoms with Gasteiger partial charge in [0.25, 0.3) is 0 Å². The summed E-state index contributed by atoms with van der Waals surface area (Å²) in [6.45, 7) is 1.12. The number of Topliss-reactive ketones (excluding diaryl/α,β-unsaturated/α-hetero) is 2. The number of carbonyl (C=O) groups excluding carboxylic acids is 3. The minimum absolute atomic E-state index is 0.0902. The van der Waals surface area contributed by atoms with Crippen LogP contribution in [0.25, 0.3) is 0 Å². The van der Waals surface area contributed by atoms with Crippen molar-refractivity contribution in [3.05, 3.63) is 0 Å².